The van der Waals surface area contributed by atoms with Crippen LogP contribution in [0.3, 0.4) is 0 Å². The maximum atomic E-state index is 12.4. The SMILES string of the molecule is CCCCCCCCCCCCCCC(CCC)C(=O)OCCOP(=O)(O)OCC[N+](C)(C)C. The number of ether oxygens (including phenoxy) is 1. The van der Waals surface area contributed by atoms with Crippen LogP contribution in [0, 0.1) is 5.92 Å². The van der Waals surface area contributed by atoms with E-state index in [1.807, 2.05) is 21.1 Å². The van der Waals surface area contributed by atoms with Crippen LogP contribution in [-0.4, -0.2) is 62.9 Å². The predicted molar refractivity (Wildman–Crippen MR) is 140 cm³/mol. The molecule has 0 spiro atoms. The summed E-state index contributed by atoms with van der Waals surface area (Å²) in [7, 11) is 1.79. The monoisotopic (exact) mass is 508 g/mol. The third-order valence-electron chi connectivity index (χ3n) is 5.98. The Morgan fingerprint density at radius 1 is 0.735 bits per heavy atom. The Morgan fingerprint density at radius 2 is 1.24 bits per heavy atom. The van der Waals surface area contributed by atoms with Crippen LogP contribution in [0.1, 0.15) is 110 Å². The molecule has 0 aromatic carbocycles. The first kappa shape index (κ1) is 33.5. The normalized spacial score (nSPS) is 14.6. The third kappa shape index (κ3) is 22.0. The van der Waals surface area contributed by atoms with Gasteiger partial charge in [-0.3, -0.25) is 13.8 Å². The summed E-state index contributed by atoms with van der Waals surface area (Å²) < 4.78 is 27.7. The number of carbonyl (C=O) groups is 1. The van der Waals surface area contributed by atoms with E-state index in [4.69, 9.17) is 13.8 Å². The molecule has 0 saturated heterocycles. The standard InChI is InChI=1S/C26H54NO6P/c1-6-8-9-10-11-12-13-14-15-16-17-18-20-25(19-7-2)26(28)31-23-24-33-34(29,30)32-22-21-27(3,4)5/h25H,6-24H2,1-5H3/p+1. The Morgan fingerprint density at radius 3 is 1.74 bits per heavy atom. The highest BCUT2D eigenvalue weighted by Gasteiger charge is 2.23. The number of rotatable bonds is 24. The molecule has 7 nitrogen and oxygen atoms in total. The number of likely N-dealkylation sites (N-methyl/N-ethyl adjacent to an activating group) is 1. The summed E-state index contributed by atoms with van der Waals surface area (Å²) in [6.45, 7) is 4.84. The van der Waals surface area contributed by atoms with Gasteiger partial charge in [0.2, 0.25) is 0 Å². The lowest BCUT2D eigenvalue weighted by atomic mass is 9.96. The minimum Gasteiger partial charge on any atom is -0.463 e. The largest absolute Gasteiger partial charge is 0.472 e. The lowest BCUT2D eigenvalue weighted by molar-refractivity contribution is -0.870. The van der Waals surface area contributed by atoms with Crippen molar-refractivity contribution >= 4 is 13.8 Å². The van der Waals surface area contributed by atoms with E-state index in [0.717, 1.165) is 32.1 Å². The molecule has 34 heavy (non-hydrogen) atoms. The molecule has 0 aliphatic rings. The summed E-state index contributed by atoms with van der Waals surface area (Å²) in [6.07, 6.45) is 18.2. The Bertz CT molecular complexity index is 538. The number of carbonyl (C=O) groups excluding carboxylic acids is 1. The highest BCUT2D eigenvalue weighted by molar-refractivity contribution is 7.47. The summed E-state index contributed by atoms with van der Waals surface area (Å²) in [5.41, 5.74) is 0. The van der Waals surface area contributed by atoms with Crippen LogP contribution in [0.2, 0.25) is 0 Å². The number of nitrogens with zero attached hydrogens (tertiary/aromatic N) is 1. The van der Waals surface area contributed by atoms with Crippen LogP contribution >= 0.6 is 7.82 Å². The molecule has 0 aliphatic heterocycles. The van der Waals surface area contributed by atoms with Gasteiger partial charge >= 0.3 is 13.8 Å². The number of hydrogen-bond acceptors (Lipinski definition) is 5. The van der Waals surface area contributed by atoms with E-state index < -0.39 is 7.82 Å². The number of phosphoric ester groups is 1. The van der Waals surface area contributed by atoms with Gasteiger partial charge in [0.05, 0.1) is 33.7 Å². The molecular weight excluding hydrogens is 453 g/mol. The van der Waals surface area contributed by atoms with Crippen molar-refractivity contribution in [3.8, 4) is 0 Å². The molecule has 1 N–H and O–H groups in total. The number of phosphoric acid groups is 1. The maximum absolute atomic E-state index is 12.4. The molecule has 2 unspecified atom stereocenters. The molecule has 0 rings (SSSR count). The lowest BCUT2D eigenvalue weighted by Gasteiger charge is -2.24. The van der Waals surface area contributed by atoms with Gasteiger partial charge in [-0.15, -0.1) is 0 Å². The van der Waals surface area contributed by atoms with Gasteiger partial charge in [0, 0.05) is 0 Å². The number of esters is 1. The molecule has 204 valence electrons. The van der Waals surface area contributed by atoms with Gasteiger partial charge in [-0.25, -0.2) is 4.57 Å². The lowest BCUT2D eigenvalue weighted by Crippen LogP contribution is -2.37. The van der Waals surface area contributed by atoms with Crippen molar-refractivity contribution in [1.82, 2.24) is 0 Å². The highest BCUT2D eigenvalue weighted by atomic mass is 31.2. The summed E-state index contributed by atoms with van der Waals surface area (Å²) >= 11 is 0. The maximum Gasteiger partial charge on any atom is 0.472 e. The highest BCUT2D eigenvalue weighted by Crippen LogP contribution is 2.42. The molecule has 0 heterocycles. The zero-order valence-electron chi connectivity index (χ0n) is 22.9. The number of unbranched alkanes of at least 4 members (excludes halogenated alkanes) is 11. The minimum atomic E-state index is -4.12. The first-order chi connectivity index (χ1) is 16.1. The van der Waals surface area contributed by atoms with E-state index in [9.17, 15) is 14.3 Å². The molecular formula is C26H55NO6P+. The molecule has 0 aromatic heterocycles. The fraction of sp³-hybridized carbons (Fsp3) is 0.962. The van der Waals surface area contributed by atoms with Gasteiger partial charge in [-0.1, -0.05) is 97.3 Å². The first-order valence-electron chi connectivity index (χ1n) is 13.7. The summed E-state index contributed by atoms with van der Waals surface area (Å²) in [5.74, 6) is -0.331. The average molecular weight is 509 g/mol. The zero-order chi connectivity index (χ0) is 25.7. The molecule has 0 fully saturated rings. The second-order valence-electron chi connectivity index (χ2n) is 10.5. The van der Waals surface area contributed by atoms with Crippen molar-refractivity contribution in [2.75, 3.05) is 47.5 Å². The van der Waals surface area contributed by atoms with Gasteiger partial charge in [0.15, 0.2) is 0 Å². The number of hydrogen-bond donors (Lipinski definition) is 1. The second-order valence-corrected chi connectivity index (χ2v) is 11.9. The fourth-order valence-electron chi connectivity index (χ4n) is 3.84. The van der Waals surface area contributed by atoms with Crippen LogP contribution in [0.5, 0.6) is 0 Å². The molecule has 0 aromatic rings. The molecule has 0 amide bonds. The summed E-state index contributed by atoms with van der Waals surface area (Å²) in [5, 5.41) is 0. The van der Waals surface area contributed by atoms with Crippen molar-refractivity contribution < 1.29 is 32.5 Å². The van der Waals surface area contributed by atoms with Crippen LogP contribution in [0.15, 0.2) is 0 Å². The average Bonchev–Trinajstić information content (AvgIpc) is 2.75. The Hall–Kier alpha value is -0.460. The van der Waals surface area contributed by atoms with Gasteiger partial charge < -0.3 is 14.1 Å². The van der Waals surface area contributed by atoms with E-state index in [2.05, 4.69) is 13.8 Å². The predicted octanol–water partition coefficient (Wildman–Crippen LogP) is 6.88. The van der Waals surface area contributed by atoms with Crippen LogP contribution in [0.25, 0.3) is 0 Å². The summed E-state index contributed by atoms with van der Waals surface area (Å²) in [6, 6.07) is 0. The molecule has 0 aliphatic carbocycles. The molecule has 2 atom stereocenters. The molecule has 0 saturated carbocycles. The summed E-state index contributed by atoms with van der Waals surface area (Å²) in [4.78, 5) is 22.1. The first-order valence-corrected chi connectivity index (χ1v) is 15.2. The van der Waals surface area contributed by atoms with Crippen molar-refractivity contribution in [1.29, 1.82) is 0 Å². The Balaban J connectivity index is 3.88. The van der Waals surface area contributed by atoms with E-state index >= 15 is 0 Å². The molecule has 0 bridgehead atoms. The van der Waals surface area contributed by atoms with Crippen molar-refractivity contribution in [2.24, 2.45) is 5.92 Å². The van der Waals surface area contributed by atoms with E-state index in [0.29, 0.717) is 11.0 Å². The fourth-order valence-corrected chi connectivity index (χ4v) is 4.53. The van der Waals surface area contributed by atoms with Gasteiger partial charge in [-0.2, -0.15) is 0 Å². The van der Waals surface area contributed by atoms with Crippen LogP contribution < -0.4 is 0 Å². The molecule has 0 radical (unpaired) electrons. The molecule has 8 heteroatoms. The minimum absolute atomic E-state index is 0.0409. The van der Waals surface area contributed by atoms with E-state index in [1.165, 1.54) is 64.2 Å². The Kier molecular flexibility index (Phi) is 20.4. The quantitative estimate of drug-likeness (QED) is 0.0662. The third-order valence-corrected chi connectivity index (χ3v) is 6.99. The number of quaternary nitrogens is 1. The van der Waals surface area contributed by atoms with Crippen molar-refractivity contribution in [3.63, 3.8) is 0 Å². The zero-order valence-corrected chi connectivity index (χ0v) is 23.8. The van der Waals surface area contributed by atoms with Gasteiger partial charge in [0.25, 0.3) is 0 Å². The van der Waals surface area contributed by atoms with Crippen molar-refractivity contribution in [2.45, 2.75) is 110 Å². The topological polar surface area (TPSA) is 82.1 Å². The smallest absolute Gasteiger partial charge is 0.463 e. The van der Waals surface area contributed by atoms with Gasteiger partial charge in [-0.05, 0) is 12.8 Å². The van der Waals surface area contributed by atoms with Gasteiger partial charge in [0.1, 0.15) is 19.8 Å². The van der Waals surface area contributed by atoms with Crippen LogP contribution in [0.4, 0.5) is 0 Å². The van der Waals surface area contributed by atoms with Crippen molar-refractivity contribution in [3.05, 3.63) is 0 Å². The van der Waals surface area contributed by atoms with Crippen LogP contribution in [-0.2, 0) is 23.1 Å². The Labute approximate surface area is 210 Å². The van der Waals surface area contributed by atoms with E-state index in [1.54, 1.807) is 0 Å². The second kappa shape index (κ2) is 20.7. The van der Waals surface area contributed by atoms with E-state index in [-0.39, 0.29) is 31.7 Å².